The third-order valence-electron chi connectivity index (χ3n) is 3.16. The van der Waals surface area contributed by atoms with Crippen molar-refractivity contribution in [3.63, 3.8) is 0 Å². The predicted octanol–water partition coefficient (Wildman–Crippen LogP) is 3.46. The molecule has 0 fully saturated rings. The van der Waals surface area contributed by atoms with Crippen LogP contribution in [0.25, 0.3) is 11.1 Å². The van der Waals surface area contributed by atoms with Crippen molar-refractivity contribution < 1.29 is 0 Å². The summed E-state index contributed by atoms with van der Waals surface area (Å²) >= 11 is 0. The number of hydrogen-bond donors (Lipinski definition) is 1. The first-order chi connectivity index (χ1) is 9.35. The van der Waals surface area contributed by atoms with E-state index in [0.717, 1.165) is 32.5 Å². The van der Waals surface area contributed by atoms with E-state index in [2.05, 4.69) is 54.7 Å². The average Bonchev–Trinajstić information content (AvgIpc) is 2.89. The van der Waals surface area contributed by atoms with Gasteiger partial charge in [-0.05, 0) is 30.5 Å². The van der Waals surface area contributed by atoms with Gasteiger partial charge in [0.05, 0.1) is 6.20 Å². The van der Waals surface area contributed by atoms with E-state index < -0.39 is 0 Å². The summed E-state index contributed by atoms with van der Waals surface area (Å²) in [5.74, 6) is 0. The van der Waals surface area contributed by atoms with Crippen LogP contribution in [-0.2, 0) is 13.1 Å². The minimum Gasteiger partial charge on any atom is -0.313 e. The Hall–Kier alpha value is -1.61. The van der Waals surface area contributed by atoms with Gasteiger partial charge in [-0.25, -0.2) is 0 Å². The molecule has 0 unspecified atom stereocenters. The van der Waals surface area contributed by atoms with Gasteiger partial charge in [-0.3, -0.25) is 4.68 Å². The number of rotatable bonds is 7. The minimum atomic E-state index is 0.920. The van der Waals surface area contributed by atoms with E-state index in [9.17, 15) is 0 Å². The second-order valence-electron chi connectivity index (χ2n) is 4.83. The number of nitrogens with one attached hydrogen (secondary N) is 1. The summed E-state index contributed by atoms with van der Waals surface area (Å²) in [5.41, 5.74) is 3.84. The van der Waals surface area contributed by atoms with Gasteiger partial charge in [0.25, 0.3) is 0 Å². The third-order valence-corrected chi connectivity index (χ3v) is 3.16. The van der Waals surface area contributed by atoms with E-state index >= 15 is 0 Å². The van der Waals surface area contributed by atoms with E-state index in [4.69, 9.17) is 0 Å². The van der Waals surface area contributed by atoms with Gasteiger partial charge in [-0.1, -0.05) is 38.1 Å². The van der Waals surface area contributed by atoms with Crippen LogP contribution in [0.5, 0.6) is 0 Å². The van der Waals surface area contributed by atoms with E-state index in [1.54, 1.807) is 0 Å². The van der Waals surface area contributed by atoms with Gasteiger partial charge >= 0.3 is 0 Å². The van der Waals surface area contributed by atoms with Crippen molar-refractivity contribution in [1.29, 1.82) is 0 Å². The second-order valence-corrected chi connectivity index (χ2v) is 4.83. The first-order valence-corrected chi connectivity index (χ1v) is 7.16. The van der Waals surface area contributed by atoms with Gasteiger partial charge in [-0.15, -0.1) is 0 Å². The molecule has 102 valence electrons. The molecule has 0 saturated heterocycles. The van der Waals surface area contributed by atoms with E-state index in [1.807, 2.05) is 10.9 Å². The Morgan fingerprint density at radius 1 is 1.16 bits per heavy atom. The van der Waals surface area contributed by atoms with Gasteiger partial charge < -0.3 is 5.32 Å². The lowest BCUT2D eigenvalue weighted by molar-refractivity contribution is 0.603. The molecule has 1 N–H and O–H groups in total. The summed E-state index contributed by atoms with van der Waals surface area (Å²) in [6.07, 6.45) is 6.38. The monoisotopic (exact) mass is 257 g/mol. The Bertz CT molecular complexity index is 502. The van der Waals surface area contributed by atoms with Gasteiger partial charge in [0.1, 0.15) is 0 Å². The Labute approximate surface area is 115 Å². The maximum atomic E-state index is 4.42. The highest BCUT2D eigenvalue weighted by molar-refractivity contribution is 5.65. The van der Waals surface area contributed by atoms with Crippen molar-refractivity contribution in [3.05, 3.63) is 42.2 Å². The molecule has 1 heterocycles. The van der Waals surface area contributed by atoms with Gasteiger partial charge in [0.2, 0.25) is 0 Å². The van der Waals surface area contributed by atoms with Crippen LogP contribution in [0.15, 0.2) is 36.7 Å². The lowest BCUT2D eigenvalue weighted by Gasteiger charge is -2.08. The quantitative estimate of drug-likeness (QED) is 0.770. The number of hydrogen-bond acceptors (Lipinski definition) is 2. The maximum Gasteiger partial charge on any atom is 0.0568 e. The molecule has 0 aliphatic heterocycles. The molecule has 0 amide bonds. The van der Waals surface area contributed by atoms with Crippen LogP contribution in [-0.4, -0.2) is 16.3 Å². The molecule has 0 atom stereocenters. The fourth-order valence-corrected chi connectivity index (χ4v) is 2.21. The normalized spacial score (nSPS) is 10.8. The predicted molar refractivity (Wildman–Crippen MR) is 80.0 cm³/mol. The molecule has 19 heavy (non-hydrogen) atoms. The molecule has 1 aromatic carbocycles. The zero-order chi connectivity index (χ0) is 13.5. The Morgan fingerprint density at radius 3 is 2.79 bits per heavy atom. The molecule has 3 heteroatoms. The lowest BCUT2D eigenvalue weighted by atomic mass is 10.0. The SMILES string of the molecule is CCCNCc1ccccc1-c1cnn(CCC)c1. The molecule has 0 saturated carbocycles. The van der Waals surface area contributed by atoms with E-state index in [0.29, 0.717) is 0 Å². The summed E-state index contributed by atoms with van der Waals surface area (Å²) in [7, 11) is 0. The fourth-order valence-electron chi connectivity index (χ4n) is 2.21. The summed E-state index contributed by atoms with van der Waals surface area (Å²) in [6, 6.07) is 8.56. The molecular weight excluding hydrogens is 234 g/mol. The molecule has 0 bridgehead atoms. The van der Waals surface area contributed by atoms with Crippen LogP contribution in [0.4, 0.5) is 0 Å². The smallest absolute Gasteiger partial charge is 0.0568 e. The van der Waals surface area contributed by atoms with Crippen LogP contribution >= 0.6 is 0 Å². The van der Waals surface area contributed by atoms with Crippen molar-refractivity contribution >= 4 is 0 Å². The Balaban J connectivity index is 2.17. The van der Waals surface area contributed by atoms with Crippen molar-refractivity contribution in [3.8, 4) is 11.1 Å². The third kappa shape index (κ3) is 3.67. The highest BCUT2D eigenvalue weighted by atomic mass is 15.3. The van der Waals surface area contributed by atoms with Crippen molar-refractivity contribution in [2.24, 2.45) is 0 Å². The summed E-state index contributed by atoms with van der Waals surface area (Å²) in [6.45, 7) is 7.32. The minimum absolute atomic E-state index is 0.920. The average molecular weight is 257 g/mol. The molecule has 1 aromatic heterocycles. The lowest BCUT2D eigenvalue weighted by Crippen LogP contribution is -2.14. The summed E-state index contributed by atoms with van der Waals surface area (Å²) in [5, 5.41) is 7.88. The summed E-state index contributed by atoms with van der Waals surface area (Å²) < 4.78 is 2.02. The first-order valence-electron chi connectivity index (χ1n) is 7.16. The molecule has 3 nitrogen and oxygen atoms in total. The van der Waals surface area contributed by atoms with Crippen LogP contribution in [0.2, 0.25) is 0 Å². The van der Waals surface area contributed by atoms with Crippen molar-refractivity contribution in [2.75, 3.05) is 6.54 Å². The Morgan fingerprint density at radius 2 is 2.00 bits per heavy atom. The second kappa shape index (κ2) is 7.10. The number of benzene rings is 1. The van der Waals surface area contributed by atoms with Crippen LogP contribution in [0, 0.1) is 0 Å². The standard InChI is InChI=1S/C16H23N3/c1-3-9-17-11-14-7-5-6-8-16(14)15-12-18-19(13-15)10-4-2/h5-8,12-13,17H,3-4,9-11H2,1-2H3. The van der Waals surface area contributed by atoms with Gasteiger partial charge in [0.15, 0.2) is 0 Å². The molecule has 2 aromatic rings. The molecule has 2 rings (SSSR count). The molecular formula is C16H23N3. The molecule has 0 radical (unpaired) electrons. The van der Waals surface area contributed by atoms with Crippen LogP contribution in [0.3, 0.4) is 0 Å². The van der Waals surface area contributed by atoms with Crippen molar-refractivity contribution in [1.82, 2.24) is 15.1 Å². The van der Waals surface area contributed by atoms with Crippen LogP contribution in [0.1, 0.15) is 32.3 Å². The molecule has 0 aliphatic carbocycles. The largest absolute Gasteiger partial charge is 0.313 e. The first kappa shape index (κ1) is 13.8. The number of aryl methyl sites for hydroxylation is 1. The zero-order valence-corrected chi connectivity index (χ0v) is 11.9. The zero-order valence-electron chi connectivity index (χ0n) is 11.9. The maximum absolute atomic E-state index is 4.42. The summed E-state index contributed by atoms with van der Waals surface area (Å²) in [4.78, 5) is 0. The van der Waals surface area contributed by atoms with E-state index in [1.165, 1.54) is 16.7 Å². The molecule has 0 aliphatic rings. The van der Waals surface area contributed by atoms with Gasteiger partial charge in [0, 0.05) is 24.8 Å². The number of nitrogens with zero attached hydrogens (tertiary/aromatic N) is 2. The molecule has 0 spiro atoms. The fraction of sp³-hybridized carbons (Fsp3) is 0.438. The topological polar surface area (TPSA) is 29.9 Å². The van der Waals surface area contributed by atoms with E-state index in [-0.39, 0.29) is 0 Å². The van der Waals surface area contributed by atoms with Gasteiger partial charge in [-0.2, -0.15) is 5.10 Å². The Kier molecular flexibility index (Phi) is 5.16. The van der Waals surface area contributed by atoms with Crippen LogP contribution < -0.4 is 5.32 Å². The highest BCUT2D eigenvalue weighted by Crippen LogP contribution is 2.23. The van der Waals surface area contributed by atoms with Crippen molar-refractivity contribution in [2.45, 2.75) is 39.8 Å². The highest BCUT2D eigenvalue weighted by Gasteiger charge is 2.06. The number of aromatic nitrogens is 2.